The van der Waals surface area contributed by atoms with Crippen LogP contribution in [0, 0.1) is 6.92 Å². The molecule has 0 bridgehead atoms. The maximum Gasteiger partial charge on any atom is 0.232 e. The van der Waals surface area contributed by atoms with Gasteiger partial charge in [-0.25, -0.2) is 8.42 Å². The second-order valence-electron chi connectivity index (χ2n) is 4.54. The van der Waals surface area contributed by atoms with Gasteiger partial charge in [0.2, 0.25) is 10.0 Å². The molecule has 2 N–H and O–H groups in total. The minimum absolute atomic E-state index is 0.134. The second kappa shape index (κ2) is 7.87. The van der Waals surface area contributed by atoms with Gasteiger partial charge in [-0.1, -0.05) is 22.9 Å². The summed E-state index contributed by atoms with van der Waals surface area (Å²) in [6.45, 7) is 5.67. The molecule has 0 aliphatic carbocycles. The molecule has 1 rings (SSSR count). The van der Waals surface area contributed by atoms with Crippen molar-refractivity contribution in [2.24, 2.45) is 0 Å². The molecule has 0 unspecified atom stereocenters. The number of sulfonamides is 1. The van der Waals surface area contributed by atoms with E-state index in [0.29, 0.717) is 12.1 Å². The summed E-state index contributed by atoms with van der Waals surface area (Å²) >= 11 is 3.36. The molecule has 19 heavy (non-hydrogen) atoms. The molecule has 0 aliphatic rings. The molecule has 0 saturated carbocycles. The lowest BCUT2D eigenvalue weighted by Crippen LogP contribution is -2.22. The minimum atomic E-state index is -3.27. The van der Waals surface area contributed by atoms with E-state index in [2.05, 4.69) is 32.9 Å². The van der Waals surface area contributed by atoms with Crippen molar-refractivity contribution in [2.75, 3.05) is 23.6 Å². The van der Waals surface area contributed by atoms with Gasteiger partial charge in [0.15, 0.2) is 0 Å². The summed E-state index contributed by atoms with van der Waals surface area (Å²) in [5, 5.41) is 3.19. The van der Waals surface area contributed by atoms with Crippen molar-refractivity contribution >= 4 is 31.6 Å². The molecular weight excluding hydrogens is 328 g/mol. The fraction of sp³-hybridized carbons (Fsp3) is 0.538. The molecule has 1 aromatic carbocycles. The van der Waals surface area contributed by atoms with Crippen molar-refractivity contribution in [1.29, 1.82) is 0 Å². The van der Waals surface area contributed by atoms with Gasteiger partial charge in [0.05, 0.1) is 5.75 Å². The van der Waals surface area contributed by atoms with E-state index in [1.807, 2.05) is 19.1 Å². The highest BCUT2D eigenvalue weighted by Crippen LogP contribution is 2.20. The number of hydrogen-bond donors (Lipinski definition) is 2. The van der Waals surface area contributed by atoms with E-state index in [1.165, 1.54) is 0 Å². The van der Waals surface area contributed by atoms with Crippen LogP contribution in [0.3, 0.4) is 0 Å². The summed E-state index contributed by atoms with van der Waals surface area (Å²) in [4.78, 5) is 0. The Balaban J connectivity index is 2.49. The summed E-state index contributed by atoms with van der Waals surface area (Å²) in [7, 11) is -3.27. The van der Waals surface area contributed by atoms with Crippen molar-refractivity contribution in [1.82, 2.24) is 5.32 Å². The third-order valence-electron chi connectivity index (χ3n) is 2.51. The molecule has 0 amide bonds. The van der Waals surface area contributed by atoms with Crippen LogP contribution in [0.1, 0.15) is 25.3 Å². The molecule has 108 valence electrons. The summed E-state index contributed by atoms with van der Waals surface area (Å²) in [6.07, 6.45) is 1.67. The Morgan fingerprint density at radius 3 is 2.58 bits per heavy atom. The highest BCUT2D eigenvalue weighted by atomic mass is 79.9. The van der Waals surface area contributed by atoms with Gasteiger partial charge in [-0.05, 0) is 56.6 Å². The first-order chi connectivity index (χ1) is 8.93. The van der Waals surface area contributed by atoms with Crippen molar-refractivity contribution in [3.05, 3.63) is 28.2 Å². The average Bonchev–Trinajstić information content (AvgIpc) is 2.26. The molecule has 1 aromatic rings. The predicted octanol–water partition coefficient (Wildman–Crippen LogP) is 2.89. The SMILES string of the molecule is CCCNCCCS(=O)(=O)Nc1cc(C)cc(Br)c1. The van der Waals surface area contributed by atoms with E-state index in [0.717, 1.165) is 29.5 Å². The van der Waals surface area contributed by atoms with Crippen LogP contribution < -0.4 is 10.0 Å². The van der Waals surface area contributed by atoms with E-state index in [-0.39, 0.29) is 5.75 Å². The van der Waals surface area contributed by atoms with Gasteiger partial charge in [0, 0.05) is 10.2 Å². The van der Waals surface area contributed by atoms with Crippen molar-refractivity contribution in [2.45, 2.75) is 26.7 Å². The lowest BCUT2D eigenvalue weighted by molar-refractivity contribution is 0.593. The fourth-order valence-electron chi connectivity index (χ4n) is 1.71. The molecule has 0 heterocycles. The lowest BCUT2D eigenvalue weighted by atomic mass is 10.2. The molecule has 0 atom stereocenters. The predicted molar refractivity (Wildman–Crippen MR) is 84.1 cm³/mol. The first-order valence-electron chi connectivity index (χ1n) is 6.41. The summed E-state index contributed by atoms with van der Waals surface area (Å²) < 4.78 is 27.3. The summed E-state index contributed by atoms with van der Waals surface area (Å²) in [6, 6.07) is 5.52. The molecular formula is C13H21BrN2O2S. The number of halogens is 1. The average molecular weight is 349 g/mol. The first kappa shape index (κ1) is 16.5. The van der Waals surface area contributed by atoms with Crippen LogP contribution in [-0.4, -0.2) is 27.3 Å². The van der Waals surface area contributed by atoms with E-state index in [1.54, 1.807) is 6.07 Å². The van der Waals surface area contributed by atoms with E-state index < -0.39 is 10.0 Å². The number of rotatable bonds is 8. The fourth-order valence-corrected chi connectivity index (χ4v) is 3.43. The Morgan fingerprint density at radius 2 is 1.95 bits per heavy atom. The molecule has 4 nitrogen and oxygen atoms in total. The Kier molecular flexibility index (Phi) is 6.82. The quantitative estimate of drug-likeness (QED) is 0.710. The molecule has 0 saturated heterocycles. The number of aryl methyl sites for hydroxylation is 1. The Morgan fingerprint density at radius 1 is 1.21 bits per heavy atom. The molecule has 0 spiro atoms. The van der Waals surface area contributed by atoms with Crippen LogP contribution in [-0.2, 0) is 10.0 Å². The van der Waals surface area contributed by atoms with Crippen molar-refractivity contribution in [3.8, 4) is 0 Å². The zero-order valence-electron chi connectivity index (χ0n) is 11.4. The van der Waals surface area contributed by atoms with Crippen molar-refractivity contribution in [3.63, 3.8) is 0 Å². The zero-order chi connectivity index (χ0) is 14.3. The molecule has 0 aromatic heterocycles. The van der Waals surface area contributed by atoms with Crippen LogP contribution in [0.5, 0.6) is 0 Å². The number of anilines is 1. The van der Waals surface area contributed by atoms with Gasteiger partial charge >= 0.3 is 0 Å². The van der Waals surface area contributed by atoms with Gasteiger partial charge in [-0.3, -0.25) is 4.72 Å². The maximum atomic E-state index is 11.9. The smallest absolute Gasteiger partial charge is 0.232 e. The monoisotopic (exact) mass is 348 g/mol. The van der Waals surface area contributed by atoms with Crippen LogP contribution in [0.4, 0.5) is 5.69 Å². The molecule has 6 heteroatoms. The van der Waals surface area contributed by atoms with E-state index >= 15 is 0 Å². The van der Waals surface area contributed by atoms with Crippen molar-refractivity contribution < 1.29 is 8.42 Å². The Labute approximate surface area is 124 Å². The minimum Gasteiger partial charge on any atom is -0.317 e. The summed E-state index contributed by atoms with van der Waals surface area (Å²) in [5.74, 6) is 0.134. The van der Waals surface area contributed by atoms with Gasteiger partial charge in [0.25, 0.3) is 0 Å². The topological polar surface area (TPSA) is 58.2 Å². The van der Waals surface area contributed by atoms with Crippen LogP contribution in [0.15, 0.2) is 22.7 Å². The van der Waals surface area contributed by atoms with E-state index in [9.17, 15) is 8.42 Å². The Hall–Kier alpha value is -0.590. The third kappa shape index (κ3) is 6.94. The molecule has 0 radical (unpaired) electrons. The van der Waals surface area contributed by atoms with Gasteiger partial charge in [0.1, 0.15) is 0 Å². The van der Waals surface area contributed by atoms with Crippen LogP contribution in [0.2, 0.25) is 0 Å². The molecule has 0 aliphatic heterocycles. The third-order valence-corrected chi connectivity index (χ3v) is 4.34. The zero-order valence-corrected chi connectivity index (χ0v) is 13.8. The number of benzene rings is 1. The largest absolute Gasteiger partial charge is 0.317 e. The second-order valence-corrected chi connectivity index (χ2v) is 7.30. The summed E-state index contributed by atoms with van der Waals surface area (Å²) in [5.41, 5.74) is 1.62. The lowest BCUT2D eigenvalue weighted by Gasteiger charge is -2.09. The Bertz CT molecular complexity index is 483. The van der Waals surface area contributed by atoms with Crippen LogP contribution >= 0.6 is 15.9 Å². The maximum absolute atomic E-state index is 11.9. The molecule has 0 fully saturated rings. The normalized spacial score (nSPS) is 11.5. The number of hydrogen-bond acceptors (Lipinski definition) is 3. The highest BCUT2D eigenvalue weighted by Gasteiger charge is 2.10. The first-order valence-corrected chi connectivity index (χ1v) is 8.86. The number of nitrogens with one attached hydrogen (secondary N) is 2. The van der Waals surface area contributed by atoms with Gasteiger partial charge < -0.3 is 5.32 Å². The van der Waals surface area contributed by atoms with Crippen LogP contribution in [0.25, 0.3) is 0 Å². The van der Waals surface area contributed by atoms with Gasteiger partial charge in [-0.2, -0.15) is 0 Å². The standard InChI is InChI=1S/C13H21BrN2O2S/c1-3-5-15-6-4-7-19(17,18)16-13-9-11(2)8-12(14)10-13/h8-10,15-16H,3-7H2,1-2H3. The highest BCUT2D eigenvalue weighted by molar-refractivity contribution is 9.10. The van der Waals surface area contributed by atoms with E-state index in [4.69, 9.17) is 0 Å². The van der Waals surface area contributed by atoms with Gasteiger partial charge in [-0.15, -0.1) is 0 Å².